The van der Waals surface area contributed by atoms with Crippen LogP contribution in [-0.4, -0.2) is 0 Å². The highest BCUT2D eigenvalue weighted by molar-refractivity contribution is 4.81. The molecule has 110 valence electrons. The summed E-state index contributed by atoms with van der Waals surface area (Å²) in [6, 6.07) is 2.19. The SMILES string of the molecule is CCCCCCCCCCCC=CCCCCC#N. The van der Waals surface area contributed by atoms with Gasteiger partial charge in [-0.2, -0.15) is 5.26 Å². The van der Waals surface area contributed by atoms with Gasteiger partial charge in [-0.15, -0.1) is 0 Å². The van der Waals surface area contributed by atoms with Gasteiger partial charge >= 0.3 is 0 Å². The zero-order valence-electron chi connectivity index (χ0n) is 13.0. The maximum Gasteiger partial charge on any atom is 0.0621 e. The minimum atomic E-state index is 0.714. The van der Waals surface area contributed by atoms with Crippen molar-refractivity contribution in [2.75, 3.05) is 0 Å². The van der Waals surface area contributed by atoms with E-state index in [2.05, 4.69) is 25.1 Å². The van der Waals surface area contributed by atoms with E-state index in [9.17, 15) is 0 Å². The van der Waals surface area contributed by atoms with Crippen LogP contribution in [0.15, 0.2) is 12.2 Å². The van der Waals surface area contributed by atoms with Gasteiger partial charge in [0, 0.05) is 6.42 Å². The van der Waals surface area contributed by atoms with Crippen molar-refractivity contribution < 1.29 is 0 Å². The van der Waals surface area contributed by atoms with Gasteiger partial charge in [-0.05, 0) is 32.1 Å². The zero-order valence-corrected chi connectivity index (χ0v) is 13.0. The van der Waals surface area contributed by atoms with Gasteiger partial charge in [0.1, 0.15) is 0 Å². The van der Waals surface area contributed by atoms with Crippen molar-refractivity contribution in [1.29, 1.82) is 5.26 Å². The normalized spacial score (nSPS) is 10.9. The number of nitriles is 1. The molecule has 0 aliphatic rings. The van der Waals surface area contributed by atoms with E-state index in [-0.39, 0.29) is 0 Å². The van der Waals surface area contributed by atoms with E-state index in [1.54, 1.807) is 0 Å². The van der Waals surface area contributed by atoms with Crippen LogP contribution in [0.5, 0.6) is 0 Å². The summed E-state index contributed by atoms with van der Waals surface area (Å²) in [5.74, 6) is 0. The highest BCUT2D eigenvalue weighted by atomic mass is 14.2. The average molecular weight is 263 g/mol. The van der Waals surface area contributed by atoms with Gasteiger partial charge in [0.25, 0.3) is 0 Å². The Morgan fingerprint density at radius 2 is 1.16 bits per heavy atom. The van der Waals surface area contributed by atoms with Crippen molar-refractivity contribution in [2.24, 2.45) is 0 Å². The Balaban J connectivity index is 3.02. The topological polar surface area (TPSA) is 23.8 Å². The zero-order chi connectivity index (χ0) is 14.0. The first-order valence-corrected chi connectivity index (χ1v) is 8.43. The summed E-state index contributed by atoms with van der Waals surface area (Å²) < 4.78 is 0. The van der Waals surface area contributed by atoms with Gasteiger partial charge < -0.3 is 0 Å². The summed E-state index contributed by atoms with van der Waals surface area (Å²) in [5.41, 5.74) is 0. The largest absolute Gasteiger partial charge is 0.198 e. The minimum absolute atomic E-state index is 0.714. The van der Waals surface area contributed by atoms with Crippen molar-refractivity contribution in [3.63, 3.8) is 0 Å². The Kier molecular flexibility index (Phi) is 16.5. The molecular formula is C18H33N. The quantitative estimate of drug-likeness (QED) is 0.257. The first kappa shape index (κ1) is 18.2. The van der Waals surface area contributed by atoms with Crippen LogP contribution >= 0.6 is 0 Å². The van der Waals surface area contributed by atoms with E-state index in [0.29, 0.717) is 6.42 Å². The Hall–Kier alpha value is -0.770. The third kappa shape index (κ3) is 17.2. The second-order valence-corrected chi connectivity index (χ2v) is 5.49. The van der Waals surface area contributed by atoms with Crippen LogP contribution in [0.25, 0.3) is 0 Å². The number of hydrogen-bond acceptors (Lipinski definition) is 1. The lowest BCUT2D eigenvalue weighted by atomic mass is 10.1. The highest BCUT2D eigenvalue weighted by Crippen LogP contribution is 2.10. The predicted molar refractivity (Wildman–Crippen MR) is 85.1 cm³/mol. The van der Waals surface area contributed by atoms with Crippen LogP contribution in [-0.2, 0) is 0 Å². The van der Waals surface area contributed by atoms with Crippen LogP contribution in [0, 0.1) is 11.3 Å². The smallest absolute Gasteiger partial charge is 0.0621 e. The van der Waals surface area contributed by atoms with Crippen molar-refractivity contribution in [2.45, 2.75) is 96.8 Å². The van der Waals surface area contributed by atoms with Gasteiger partial charge in [-0.25, -0.2) is 0 Å². The van der Waals surface area contributed by atoms with E-state index >= 15 is 0 Å². The molecule has 0 aliphatic heterocycles. The van der Waals surface area contributed by atoms with Crippen LogP contribution in [0.3, 0.4) is 0 Å². The summed E-state index contributed by atoms with van der Waals surface area (Å²) in [6.07, 6.45) is 22.6. The molecule has 0 N–H and O–H groups in total. The molecule has 0 bridgehead atoms. The van der Waals surface area contributed by atoms with E-state index < -0.39 is 0 Å². The molecule has 1 nitrogen and oxygen atoms in total. The van der Waals surface area contributed by atoms with Crippen molar-refractivity contribution in [1.82, 2.24) is 0 Å². The van der Waals surface area contributed by atoms with E-state index in [0.717, 1.165) is 12.8 Å². The molecule has 0 saturated heterocycles. The predicted octanol–water partition coefficient (Wildman–Crippen LogP) is 6.55. The van der Waals surface area contributed by atoms with Gasteiger partial charge in [0.05, 0.1) is 6.07 Å². The lowest BCUT2D eigenvalue weighted by Crippen LogP contribution is -1.80. The third-order valence-electron chi connectivity index (χ3n) is 3.55. The summed E-state index contributed by atoms with van der Waals surface area (Å²) in [6.45, 7) is 2.27. The van der Waals surface area contributed by atoms with Crippen molar-refractivity contribution >= 4 is 0 Å². The lowest BCUT2D eigenvalue weighted by Gasteiger charge is -2.00. The first-order chi connectivity index (χ1) is 9.41. The molecule has 0 unspecified atom stereocenters. The fourth-order valence-corrected chi connectivity index (χ4v) is 2.27. The minimum Gasteiger partial charge on any atom is -0.198 e. The monoisotopic (exact) mass is 263 g/mol. The molecule has 0 aliphatic carbocycles. The van der Waals surface area contributed by atoms with E-state index in [1.807, 2.05) is 0 Å². The maximum atomic E-state index is 8.40. The second-order valence-electron chi connectivity index (χ2n) is 5.49. The lowest BCUT2D eigenvalue weighted by molar-refractivity contribution is 0.566. The van der Waals surface area contributed by atoms with Crippen molar-refractivity contribution in [3.8, 4) is 6.07 Å². The molecule has 0 fully saturated rings. The molecule has 19 heavy (non-hydrogen) atoms. The Morgan fingerprint density at radius 3 is 1.68 bits per heavy atom. The second kappa shape index (κ2) is 17.2. The van der Waals surface area contributed by atoms with Gasteiger partial charge in [0.15, 0.2) is 0 Å². The van der Waals surface area contributed by atoms with Crippen LogP contribution < -0.4 is 0 Å². The molecule has 0 atom stereocenters. The number of rotatable bonds is 14. The van der Waals surface area contributed by atoms with E-state index in [1.165, 1.54) is 70.6 Å². The number of allylic oxidation sites excluding steroid dienone is 2. The molecule has 0 spiro atoms. The molecule has 0 aromatic rings. The molecule has 0 amide bonds. The third-order valence-corrected chi connectivity index (χ3v) is 3.55. The highest BCUT2D eigenvalue weighted by Gasteiger charge is 1.91. The maximum absolute atomic E-state index is 8.40. The Morgan fingerprint density at radius 1 is 0.684 bits per heavy atom. The fourth-order valence-electron chi connectivity index (χ4n) is 2.27. The number of unbranched alkanes of at least 4 members (excludes halogenated alkanes) is 12. The van der Waals surface area contributed by atoms with Crippen LogP contribution in [0.1, 0.15) is 96.8 Å². The van der Waals surface area contributed by atoms with Gasteiger partial charge in [0.2, 0.25) is 0 Å². The molecular weight excluding hydrogens is 230 g/mol. The summed E-state index contributed by atoms with van der Waals surface area (Å²) in [7, 11) is 0. The van der Waals surface area contributed by atoms with Crippen molar-refractivity contribution in [3.05, 3.63) is 12.2 Å². The fraction of sp³-hybridized carbons (Fsp3) is 0.833. The average Bonchev–Trinajstić information content (AvgIpc) is 2.43. The molecule has 0 heterocycles. The first-order valence-electron chi connectivity index (χ1n) is 8.43. The summed E-state index contributed by atoms with van der Waals surface area (Å²) >= 11 is 0. The number of hydrogen-bond donors (Lipinski definition) is 0. The summed E-state index contributed by atoms with van der Waals surface area (Å²) in [4.78, 5) is 0. The summed E-state index contributed by atoms with van der Waals surface area (Å²) in [5, 5.41) is 8.40. The van der Waals surface area contributed by atoms with Crippen LogP contribution in [0.4, 0.5) is 0 Å². The molecule has 0 aromatic carbocycles. The van der Waals surface area contributed by atoms with Gasteiger partial charge in [-0.1, -0.05) is 70.4 Å². The van der Waals surface area contributed by atoms with Crippen LogP contribution in [0.2, 0.25) is 0 Å². The Bertz CT molecular complexity index is 224. The number of nitrogens with zero attached hydrogens (tertiary/aromatic N) is 1. The molecule has 0 aromatic heterocycles. The molecule has 0 radical (unpaired) electrons. The van der Waals surface area contributed by atoms with Gasteiger partial charge in [-0.3, -0.25) is 0 Å². The molecule has 0 rings (SSSR count). The molecule has 0 saturated carbocycles. The Labute approximate surface area is 121 Å². The van der Waals surface area contributed by atoms with E-state index in [4.69, 9.17) is 5.26 Å². The molecule has 1 heteroatoms. The standard InChI is InChI=1S/C18H33N/c1-2-3-4-5-6-7-8-9-10-11-12-13-14-15-16-17-18-19/h12-13H,2-11,14-17H2,1H3.